The van der Waals surface area contributed by atoms with Crippen LogP contribution >= 0.6 is 15.9 Å². The molecule has 1 amide bonds. The average molecular weight is 410 g/mol. The van der Waals surface area contributed by atoms with E-state index < -0.39 is 27.4 Å². The number of hydrogen-bond acceptors (Lipinski definition) is 6. The summed E-state index contributed by atoms with van der Waals surface area (Å²) in [6.45, 7) is 2.49. The molecule has 130 valence electrons. The number of pyridine rings is 1. The van der Waals surface area contributed by atoms with Crippen molar-refractivity contribution >= 4 is 37.7 Å². The standard InChI is InChI=1S/C13H20BrN3O5S/c1-13(2,8-18)11(19)12(20)15-5-6-23(21,22)17-10-4-3-9(14)7-16-10/h3-4,7,11,18-19H,5-6,8H2,1-2H3,(H,15,20)(H,16,17)/t11-/m1/s1. The number of aliphatic hydroxyl groups is 2. The number of nitrogens with zero attached hydrogens (tertiary/aromatic N) is 1. The van der Waals surface area contributed by atoms with Crippen molar-refractivity contribution in [3.05, 3.63) is 22.8 Å². The molecular formula is C13H20BrN3O5S. The third-order valence-corrected chi connectivity index (χ3v) is 4.78. The molecule has 0 aliphatic carbocycles. The van der Waals surface area contributed by atoms with Crippen LogP contribution in [0.3, 0.4) is 0 Å². The minimum absolute atomic E-state index is 0.168. The molecule has 0 saturated heterocycles. The molecule has 23 heavy (non-hydrogen) atoms. The van der Waals surface area contributed by atoms with Gasteiger partial charge in [0.05, 0.1) is 12.4 Å². The third kappa shape index (κ3) is 6.42. The SMILES string of the molecule is CC(C)(CO)[C@H](O)C(=O)NCCS(=O)(=O)Nc1ccc(Br)cn1. The highest BCUT2D eigenvalue weighted by atomic mass is 79.9. The largest absolute Gasteiger partial charge is 0.396 e. The van der Waals surface area contributed by atoms with Crippen LogP contribution in [0, 0.1) is 5.41 Å². The third-order valence-electron chi connectivity index (χ3n) is 3.05. The highest BCUT2D eigenvalue weighted by molar-refractivity contribution is 9.10. The number of sulfonamides is 1. The molecular weight excluding hydrogens is 390 g/mol. The number of nitrogens with one attached hydrogen (secondary N) is 2. The second-order valence-electron chi connectivity index (χ2n) is 5.62. The van der Waals surface area contributed by atoms with Crippen molar-refractivity contribution in [3.63, 3.8) is 0 Å². The molecule has 0 aliphatic heterocycles. The first kappa shape index (κ1) is 19.8. The average Bonchev–Trinajstić information content (AvgIpc) is 2.48. The van der Waals surface area contributed by atoms with Crippen LogP contribution in [-0.4, -0.2) is 54.5 Å². The van der Waals surface area contributed by atoms with E-state index in [4.69, 9.17) is 5.11 Å². The van der Waals surface area contributed by atoms with Crippen molar-refractivity contribution in [1.29, 1.82) is 0 Å². The summed E-state index contributed by atoms with van der Waals surface area (Å²) in [5.41, 5.74) is -1.01. The number of amides is 1. The van der Waals surface area contributed by atoms with E-state index in [1.165, 1.54) is 26.1 Å². The number of hydrogen-bond donors (Lipinski definition) is 4. The maximum absolute atomic E-state index is 11.9. The number of halogens is 1. The first-order chi connectivity index (χ1) is 10.6. The van der Waals surface area contributed by atoms with Crippen molar-refractivity contribution in [2.24, 2.45) is 5.41 Å². The first-order valence-corrected chi connectivity index (χ1v) is 9.20. The van der Waals surface area contributed by atoms with Crippen molar-refractivity contribution in [2.75, 3.05) is 23.6 Å². The van der Waals surface area contributed by atoms with Crippen LogP contribution in [0.2, 0.25) is 0 Å². The van der Waals surface area contributed by atoms with Gasteiger partial charge >= 0.3 is 0 Å². The van der Waals surface area contributed by atoms with Gasteiger partial charge in [0.1, 0.15) is 11.9 Å². The van der Waals surface area contributed by atoms with Gasteiger partial charge in [-0.1, -0.05) is 13.8 Å². The van der Waals surface area contributed by atoms with Crippen LogP contribution < -0.4 is 10.0 Å². The number of rotatable bonds is 8. The molecule has 10 heteroatoms. The Balaban J connectivity index is 2.51. The van der Waals surface area contributed by atoms with Crippen molar-refractivity contribution in [2.45, 2.75) is 20.0 Å². The van der Waals surface area contributed by atoms with Crippen molar-refractivity contribution in [1.82, 2.24) is 10.3 Å². The van der Waals surface area contributed by atoms with Crippen molar-refractivity contribution < 1.29 is 23.4 Å². The van der Waals surface area contributed by atoms with Crippen LogP contribution in [0.25, 0.3) is 0 Å². The molecule has 1 rings (SSSR count). The Hall–Kier alpha value is -1.23. The van der Waals surface area contributed by atoms with Crippen LogP contribution in [-0.2, 0) is 14.8 Å². The molecule has 0 aromatic carbocycles. The number of carbonyl (C=O) groups excluding carboxylic acids is 1. The van der Waals surface area contributed by atoms with Crippen LogP contribution in [0.5, 0.6) is 0 Å². The highest BCUT2D eigenvalue weighted by Gasteiger charge is 2.32. The minimum Gasteiger partial charge on any atom is -0.396 e. The van der Waals surface area contributed by atoms with E-state index in [-0.39, 0.29) is 24.7 Å². The topological polar surface area (TPSA) is 129 Å². The predicted octanol–water partition coefficient (Wildman–Crippen LogP) is 0.0814. The maximum Gasteiger partial charge on any atom is 0.249 e. The zero-order chi connectivity index (χ0) is 17.7. The lowest BCUT2D eigenvalue weighted by Gasteiger charge is -2.27. The second-order valence-corrected chi connectivity index (χ2v) is 8.38. The van der Waals surface area contributed by atoms with Gasteiger partial charge in [0.25, 0.3) is 0 Å². The molecule has 0 unspecified atom stereocenters. The number of aliphatic hydroxyl groups excluding tert-OH is 2. The van der Waals surface area contributed by atoms with Crippen molar-refractivity contribution in [3.8, 4) is 0 Å². The molecule has 0 radical (unpaired) electrons. The molecule has 1 aromatic rings. The fourth-order valence-corrected chi connectivity index (χ4v) is 2.64. The van der Waals surface area contributed by atoms with Gasteiger partial charge in [-0.15, -0.1) is 0 Å². The van der Waals surface area contributed by atoms with E-state index in [1.807, 2.05) is 0 Å². The summed E-state index contributed by atoms with van der Waals surface area (Å²) in [5.74, 6) is -0.940. The summed E-state index contributed by atoms with van der Waals surface area (Å²) < 4.78 is 26.7. The summed E-state index contributed by atoms with van der Waals surface area (Å²) in [7, 11) is -3.68. The van der Waals surface area contributed by atoms with E-state index >= 15 is 0 Å². The predicted molar refractivity (Wildman–Crippen MR) is 89.2 cm³/mol. The van der Waals surface area contributed by atoms with Crippen LogP contribution in [0.15, 0.2) is 22.8 Å². The zero-order valence-electron chi connectivity index (χ0n) is 12.8. The zero-order valence-corrected chi connectivity index (χ0v) is 15.2. The molecule has 8 nitrogen and oxygen atoms in total. The van der Waals surface area contributed by atoms with Gasteiger partial charge in [-0.05, 0) is 28.1 Å². The quantitative estimate of drug-likeness (QED) is 0.481. The lowest BCUT2D eigenvalue weighted by molar-refractivity contribution is -0.136. The normalized spacial score (nSPS) is 13.4. The van der Waals surface area contributed by atoms with Gasteiger partial charge in [0.2, 0.25) is 15.9 Å². The minimum atomic E-state index is -3.68. The molecule has 1 aromatic heterocycles. The van der Waals surface area contributed by atoms with E-state index in [1.54, 1.807) is 6.07 Å². The summed E-state index contributed by atoms with van der Waals surface area (Å²) >= 11 is 3.19. The summed E-state index contributed by atoms with van der Waals surface area (Å²) in [6, 6.07) is 3.13. The smallest absolute Gasteiger partial charge is 0.249 e. The number of anilines is 1. The molecule has 0 bridgehead atoms. The van der Waals surface area contributed by atoms with Gasteiger partial charge < -0.3 is 15.5 Å². The molecule has 0 spiro atoms. The summed E-state index contributed by atoms with van der Waals surface area (Å²) in [6.07, 6.45) is 0.0174. The van der Waals surface area contributed by atoms with Crippen LogP contribution in [0.1, 0.15) is 13.8 Å². The van der Waals surface area contributed by atoms with E-state index in [2.05, 4.69) is 31.0 Å². The molecule has 0 fully saturated rings. The van der Waals surface area contributed by atoms with E-state index in [0.717, 1.165) is 0 Å². The summed E-state index contributed by atoms with van der Waals surface area (Å²) in [5, 5.41) is 21.2. The monoisotopic (exact) mass is 409 g/mol. The first-order valence-electron chi connectivity index (χ1n) is 6.76. The fourth-order valence-electron chi connectivity index (χ4n) is 1.49. The van der Waals surface area contributed by atoms with Gasteiger partial charge in [0.15, 0.2) is 0 Å². The highest BCUT2D eigenvalue weighted by Crippen LogP contribution is 2.19. The van der Waals surface area contributed by atoms with Gasteiger partial charge in [-0.2, -0.15) is 0 Å². The van der Waals surface area contributed by atoms with Crippen LogP contribution in [0.4, 0.5) is 5.82 Å². The second kappa shape index (κ2) is 8.04. The van der Waals surface area contributed by atoms with Gasteiger partial charge in [-0.25, -0.2) is 13.4 Å². The maximum atomic E-state index is 11.9. The van der Waals surface area contributed by atoms with E-state index in [0.29, 0.717) is 4.47 Å². The molecule has 4 N–H and O–H groups in total. The molecule has 1 heterocycles. The Morgan fingerprint density at radius 3 is 2.61 bits per heavy atom. The molecule has 0 saturated carbocycles. The Bertz CT molecular complexity index is 634. The lowest BCUT2D eigenvalue weighted by atomic mass is 9.87. The van der Waals surface area contributed by atoms with Gasteiger partial charge in [-0.3, -0.25) is 9.52 Å². The summed E-state index contributed by atoms with van der Waals surface area (Å²) in [4.78, 5) is 15.6. The van der Waals surface area contributed by atoms with E-state index in [9.17, 15) is 18.3 Å². The van der Waals surface area contributed by atoms with Gasteiger partial charge in [0, 0.05) is 22.6 Å². The Labute approximate surface area is 143 Å². The number of aromatic nitrogens is 1. The Kier molecular flexibility index (Phi) is 6.93. The Morgan fingerprint density at radius 2 is 2.09 bits per heavy atom. The molecule has 1 atom stereocenters. The molecule has 0 aliphatic rings. The fraction of sp³-hybridized carbons (Fsp3) is 0.538. The Morgan fingerprint density at radius 1 is 1.43 bits per heavy atom. The number of carbonyl (C=O) groups is 1. The lowest BCUT2D eigenvalue weighted by Crippen LogP contribution is -2.46.